The number of carbonyl (C=O) groups excluding carboxylic acids is 1. The summed E-state index contributed by atoms with van der Waals surface area (Å²) in [6.45, 7) is 0. The second kappa shape index (κ2) is 4.81. The third-order valence-corrected chi connectivity index (χ3v) is 5.10. The molecule has 1 aliphatic heterocycles. The van der Waals surface area contributed by atoms with Crippen molar-refractivity contribution in [3.63, 3.8) is 0 Å². The maximum Gasteiger partial charge on any atom is 0.312 e. The van der Waals surface area contributed by atoms with Crippen LogP contribution >= 0.6 is 11.3 Å². The monoisotopic (exact) mass is 311 g/mol. The van der Waals surface area contributed by atoms with E-state index in [0.29, 0.717) is 11.3 Å². The van der Waals surface area contributed by atoms with Crippen molar-refractivity contribution in [3.05, 3.63) is 62.6 Å². The van der Waals surface area contributed by atoms with Gasteiger partial charge >= 0.3 is 5.97 Å². The lowest BCUT2D eigenvalue weighted by atomic mass is 9.91. The van der Waals surface area contributed by atoms with Gasteiger partial charge in [-0.15, -0.1) is 11.3 Å². The summed E-state index contributed by atoms with van der Waals surface area (Å²) < 4.78 is 7.09. The van der Waals surface area contributed by atoms with Crippen LogP contribution in [0.3, 0.4) is 0 Å². The summed E-state index contributed by atoms with van der Waals surface area (Å²) in [5, 5.41) is 2.76. The highest BCUT2D eigenvalue weighted by Crippen LogP contribution is 2.41. The van der Waals surface area contributed by atoms with Crippen LogP contribution in [-0.4, -0.2) is 10.5 Å². The van der Waals surface area contributed by atoms with E-state index in [1.807, 2.05) is 41.8 Å². The quantitative estimate of drug-likeness (QED) is 0.649. The lowest BCUT2D eigenvalue weighted by molar-refractivity contribution is -0.135. The number of nitrogens with zero attached hydrogens (tertiary/aromatic N) is 1. The Morgan fingerprint density at radius 2 is 2.00 bits per heavy atom. The highest BCUT2D eigenvalue weighted by molar-refractivity contribution is 7.10. The number of ether oxygens (including phenoxy) is 1. The topological polar surface area (TPSA) is 48.3 Å². The van der Waals surface area contributed by atoms with Crippen LogP contribution < -0.4 is 10.3 Å². The molecule has 0 saturated heterocycles. The minimum absolute atomic E-state index is 0.0976. The number of thiophene rings is 1. The van der Waals surface area contributed by atoms with Gasteiger partial charge in [-0.1, -0.05) is 18.2 Å². The molecule has 0 bridgehead atoms. The second-order valence-corrected chi connectivity index (χ2v) is 6.35. The fraction of sp³-hybridized carbons (Fsp3) is 0.176. The summed E-state index contributed by atoms with van der Waals surface area (Å²) in [5.41, 5.74) is 1.26. The number of aromatic nitrogens is 1. The van der Waals surface area contributed by atoms with Gasteiger partial charge < -0.3 is 9.30 Å². The molecule has 1 unspecified atom stereocenters. The molecule has 0 saturated carbocycles. The number of aryl methyl sites for hydroxylation is 1. The Morgan fingerprint density at radius 3 is 2.77 bits per heavy atom. The molecule has 1 aromatic carbocycles. The van der Waals surface area contributed by atoms with Gasteiger partial charge in [0.2, 0.25) is 0 Å². The SMILES string of the molecule is Cn1c(=O)c2c(c3ccccc31)OC(=O)CC2c1cccs1. The Morgan fingerprint density at radius 1 is 1.18 bits per heavy atom. The lowest BCUT2D eigenvalue weighted by Crippen LogP contribution is -2.31. The van der Waals surface area contributed by atoms with Gasteiger partial charge in [0.05, 0.1) is 17.5 Å². The first-order chi connectivity index (χ1) is 10.7. The molecule has 1 atom stereocenters. The molecule has 2 aromatic heterocycles. The average molecular weight is 311 g/mol. The van der Waals surface area contributed by atoms with E-state index in [2.05, 4.69) is 0 Å². The molecular weight excluding hydrogens is 298 g/mol. The number of rotatable bonds is 1. The fourth-order valence-electron chi connectivity index (χ4n) is 3.06. The fourth-order valence-corrected chi connectivity index (χ4v) is 3.90. The smallest absolute Gasteiger partial charge is 0.312 e. The molecule has 4 rings (SSSR count). The molecule has 3 aromatic rings. The van der Waals surface area contributed by atoms with Crippen LogP contribution in [0.25, 0.3) is 10.9 Å². The van der Waals surface area contributed by atoms with Crippen LogP contribution in [0.4, 0.5) is 0 Å². The number of hydrogen-bond donors (Lipinski definition) is 0. The number of pyridine rings is 1. The molecule has 0 amide bonds. The molecule has 5 heteroatoms. The van der Waals surface area contributed by atoms with Crippen LogP contribution in [0.1, 0.15) is 22.8 Å². The minimum atomic E-state index is -0.288. The van der Waals surface area contributed by atoms with Crippen LogP contribution in [-0.2, 0) is 11.8 Å². The Labute approximate surface area is 130 Å². The predicted octanol–water partition coefficient (Wildman–Crippen LogP) is 3.04. The Balaban J connectivity index is 2.11. The van der Waals surface area contributed by atoms with E-state index in [0.717, 1.165) is 15.8 Å². The molecule has 1 aliphatic rings. The van der Waals surface area contributed by atoms with Crippen molar-refractivity contribution in [2.24, 2.45) is 7.05 Å². The maximum absolute atomic E-state index is 12.8. The van der Waals surface area contributed by atoms with Crippen LogP contribution in [0.2, 0.25) is 0 Å². The summed E-state index contributed by atoms with van der Waals surface area (Å²) in [6.07, 6.45) is 0.209. The van der Waals surface area contributed by atoms with Gasteiger partial charge in [0.15, 0.2) is 0 Å². The highest BCUT2D eigenvalue weighted by atomic mass is 32.1. The summed E-state index contributed by atoms with van der Waals surface area (Å²) >= 11 is 1.56. The van der Waals surface area contributed by atoms with E-state index in [9.17, 15) is 9.59 Å². The van der Waals surface area contributed by atoms with Gasteiger partial charge in [0.1, 0.15) is 5.75 Å². The number of para-hydroxylation sites is 1. The molecule has 0 radical (unpaired) electrons. The standard InChI is InChI=1S/C17H13NO3S/c1-18-12-6-3-2-5-10(12)16-15(17(18)20)11(9-14(19)21-16)13-7-4-8-22-13/h2-8,11H,9H2,1H3. The number of carbonyl (C=O) groups is 1. The van der Waals surface area contributed by atoms with Crippen molar-refractivity contribution in [1.82, 2.24) is 4.57 Å². The van der Waals surface area contributed by atoms with Gasteiger partial charge in [-0.25, -0.2) is 0 Å². The Kier molecular flexibility index (Phi) is 2.90. The van der Waals surface area contributed by atoms with Crippen molar-refractivity contribution in [1.29, 1.82) is 0 Å². The molecule has 4 nitrogen and oxygen atoms in total. The second-order valence-electron chi connectivity index (χ2n) is 5.37. The third kappa shape index (κ3) is 1.82. The van der Waals surface area contributed by atoms with Crippen molar-refractivity contribution >= 4 is 28.2 Å². The largest absolute Gasteiger partial charge is 0.425 e. The summed E-state index contributed by atoms with van der Waals surface area (Å²) in [5.74, 6) is -0.0859. The van der Waals surface area contributed by atoms with E-state index >= 15 is 0 Å². The molecule has 3 heterocycles. The predicted molar refractivity (Wildman–Crippen MR) is 85.6 cm³/mol. The number of benzene rings is 1. The lowest BCUT2D eigenvalue weighted by Gasteiger charge is -2.25. The number of fused-ring (bicyclic) bond motifs is 3. The van der Waals surface area contributed by atoms with Gasteiger partial charge in [-0.3, -0.25) is 9.59 Å². The molecule has 0 N–H and O–H groups in total. The highest BCUT2D eigenvalue weighted by Gasteiger charge is 2.33. The van der Waals surface area contributed by atoms with Crippen LogP contribution in [0, 0.1) is 0 Å². The first kappa shape index (κ1) is 13.3. The molecular formula is C17H13NO3S. The zero-order valence-corrected chi connectivity index (χ0v) is 12.7. The van der Waals surface area contributed by atoms with Gasteiger partial charge in [-0.2, -0.15) is 0 Å². The van der Waals surface area contributed by atoms with E-state index in [1.54, 1.807) is 23.0 Å². The van der Waals surface area contributed by atoms with Crippen molar-refractivity contribution in [2.45, 2.75) is 12.3 Å². The van der Waals surface area contributed by atoms with Crippen molar-refractivity contribution < 1.29 is 9.53 Å². The number of esters is 1. The average Bonchev–Trinajstić information content (AvgIpc) is 3.06. The Hall–Kier alpha value is -2.40. The third-order valence-electron chi connectivity index (χ3n) is 4.11. The molecule has 0 spiro atoms. The summed E-state index contributed by atoms with van der Waals surface area (Å²) in [6, 6.07) is 11.4. The number of hydrogen-bond acceptors (Lipinski definition) is 4. The van der Waals surface area contributed by atoms with Crippen molar-refractivity contribution in [2.75, 3.05) is 0 Å². The first-order valence-corrected chi connectivity index (χ1v) is 7.90. The summed E-state index contributed by atoms with van der Waals surface area (Å²) in [7, 11) is 1.76. The molecule has 110 valence electrons. The van der Waals surface area contributed by atoms with E-state index < -0.39 is 0 Å². The maximum atomic E-state index is 12.8. The summed E-state index contributed by atoms with van der Waals surface area (Å²) in [4.78, 5) is 25.9. The van der Waals surface area contributed by atoms with Crippen molar-refractivity contribution in [3.8, 4) is 5.75 Å². The molecule has 0 aliphatic carbocycles. The van der Waals surface area contributed by atoms with Crippen LogP contribution in [0.5, 0.6) is 5.75 Å². The van der Waals surface area contributed by atoms with E-state index in [1.165, 1.54) is 0 Å². The zero-order chi connectivity index (χ0) is 15.3. The first-order valence-electron chi connectivity index (χ1n) is 7.02. The van der Waals surface area contributed by atoms with E-state index in [4.69, 9.17) is 4.74 Å². The normalized spacial score (nSPS) is 17.3. The van der Waals surface area contributed by atoms with Gasteiger partial charge in [0.25, 0.3) is 5.56 Å². The Bertz CT molecular complexity index is 940. The van der Waals surface area contributed by atoms with Gasteiger partial charge in [0, 0.05) is 23.2 Å². The minimum Gasteiger partial charge on any atom is -0.425 e. The molecule has 0 fully saturated rings. The van der Waals surface area contributed by atoms with Crippen LogP contribution in [0.15, 0.2) is 46.6 Å². The van der Waals surface area contributed by atoms with E-state index in [-0.39, 0.29) is 23.9 Å². The zero-order valence-electron chi connectivity index (χ0n) is 11.9. The van der Waals surface area contributed by atoms with Gasteiger partial charge in [-0.05, 0) is 23.6 Å². The molecule has 22 heavy (non-hydrogen) atoms.